The lowest BCUT2D eigenvalue weighted by atomic mass is 9.99. The lowest BCUT2D eigenvalue weighted by molar-refractivity contribution is -0.122. The molecule has 1 N–H and O–H groups in total. The number of nitrogens with zero attached hydrogens (tertiary/aromatic N) is 2. The van der Waals surface area contributed by atoms with Gasteiger partial charge in [-0.1, -0.05) is 24.3 Å². The van der Waals surface area contributed by atoms with E-state index in [4.69, 9.17) is 8.83 Å². The van der Waals surface area contributed by atoms with Crippen LogP contribution in [-0.2, 0) is 4.79 Å². The summed E-state index contributed by atoms with van der Waals surface area (Å²) >= 11 is 0. The molecule has 7 nitrogen and oxygen atoms in total. The van der Waals surface area contributed by atoms with E-state index in [0.29, 0.717) is 17.0 Å². The van der Waals surface area contributed by atoms with Gasteiger partial charge in [0, 0.05) is 30.6 Å². The minimum Gasteiger partial charge on any atom is -0.464 e. The van der Waals surface area contributed by atoms with Crippen molar-refractivity contribution in [2.45, 2.75) is 31.8 Å². The Morgan fingerprint density at radius 2 is 1.81 bits per heavy atom. The maximum atomic E-state index is 13.9. The molecular weight excluding hydrogens is 466 g/mol. The Morgan fingerprint density at radius 3 is 2.46 bits per heavy atom. The number of allylic oxidation sites excluding steroid dienone is 2. The van der Waals surface area contributed by atoms with Crippen LogP contribution in [-0.4, -0.2) is 22.8 Å². The lowest BCUT2D eigenvalue weighted by Crippen LogP contribution is -2.46. The average molecular weight is 496 g/mol. The van der Waals surface area contributed by atoms with Gasteiger partial charge >= 0.3 is 0 Å². The van der Waals surface area contributed by atoms with E-state index in [2.05, 4.69) is 22.5 Å². The molecule has 0 fully saturated rings. The molecule has 0 aliphatic heterocycles. The molecule has 0 bridgehead atoms. The van der Waals surface area contributed by atoms with Gasteiger partial charge in [-0.3, -0.25) is 19.5 Å². The molecule has 3 aromatic heterocycles. The largest absolute Gasteiger partial charge is 0.464 e. The van der Waals surface area contributed by atoms with Crippen molar-refractivity contribution in [2.24, 2.45) is 0 Å². The van der Waals surface area contributed by atoms with Crippen LogP contribution < -0.4 is 10.2 Å². The van der Waals surface area contributed by atoms with Gasteiger partial charge in [0.2, 0.25) is 5.91 Å². The molecule has 0 spiro atoms. The number of aromatic nitrogens is 1. The fourth-order valence-electron chi connectivity index (χ4n) is 4.42. The number of amides is 2. The molecule has 4 aromatic rings. The molecule has 37 heavy (non-hydrogen) atoms. The van der Waals surface area contributed by atoms with Crippen LogP contribution in [0.2, 0.25) is 0 Å². The van der Waals surface area contributed by atoms with Crippen LogP contribution in [0.5, 0.6) is 0 Å². The zero-order valence-corrected chi connectivity index (χ0v) is 20.4. The molecular formula is C30H29N3O4. The van der Waals surface area contributed by atoms with Gasteiger partial charge in [-0.15, -0.1) is 0 Å². The van der Waals surface area contributed by atoms with Crippen LogP contribution in [0.4, 0.5) is 5.69 Å². The van der Waals surface area contributed by atoms with E-state index in [0.717, 1.165) is 24.0 Å². The third kappa shape index (κ3) is 5.30. The predicted octanol–water partition coefficient (Wildman–Crippen LogP) is 6.35. The Kier molecular flexibility index (Phi) is 7.12. The van der Waals surface area contributed by atoms with Gasteiger partial charge in [0.25, 0.3) is 5.91 Å². The number of furan rings is 2. The number of nitrogens with one attached hydrogen (secondary N) is 1. The molecule has 1 aliphatic rings. The highest BCUT2D eigenvalue weighted by Crippen LogP contribution is 2.32. The molecule has 2 atom stereocenters. The van der Waals surface area contributed by atoms with Crippen molar-refractivity contribution in [3.05, 3.63) is 121 Å². The summed E-state index contributed by atoms with van der Waals surface area (Å²) in [7, 11) is 0. The van der Waals surface area contributed by atoms with E-state index in [1.165, 1.54) is 11.2 Å². The van der Waals surface area contributed by atoms with E-state index in [-0.39, 0.29) is 19.1 Å². The van der Waals surface area contributed by atoms with Crippen molar-refractivity contribution < 1.29 is 19.9 Å². The third-order valence-electron chi connectivity index (χ3n) is 6.29. The highest BCUT2D eigenvalue weighted by molar-refractivity contribution is 6.08. The second kappa shape index (κ2) is 11.0. The fraction of sp³-hybridized carbons (Fsp3) is 0.167. The van der Waals surface area contributed by atoms with Crippen LogP contribution in [0.3, 0.4) is 0 Å². The second-order valence-corrected chi connectivity index (χ2v) is 8.78. The second-order valence-electron chi connectivity index (χ2n) is 8.78. The first-order chi connectivity index (χ1) is 18.1. The highest BCUT2D eigenvalue weighted by Gasteiger charge is 2.35. The van der Waals surface area contributed by atoms with Crippen LogP contribution in [0.15, 0.2) is 118 Å². The van der Waals surface area contributed by atoms with E-state index in [9.17, 15) is 9.59 Å². The molecule has 0 radical (unpaired) electrons. The molecule has 1 aromatic carbocycles. The number of anilines is 1. The quantitative estimate of drug-likeness (QED) is 0.308. The molecule has 3 heterocycles. The van der Waals surface area contributed by atoms with Crippen LogP contribution in [0, 0.1) is 0 Å². The summed E-state index contributed by atoms with van der Waals surface area (Å²) in [6, 6.07) is 16.5. The maximum absolute atomic E-state index is 13.9. The van der Waals surface area contributed by atoms with Gasteiger partial charge in [-0.25, -0.2) is 0 Å². The van der Waals surface area contributed by atoms with Crippen molar-refractivity contribution in [3.8, 4) is 11.3 Å². The number of rotatable bonds is 8. The van der Waals surface area contributed by atoms with E-state index in [1.807, 2.05) is 37.3 Å². The van der Waals surface area contributed by atoms with Gasteiger partial charge in [0.15, 0.2) is 5.76 Å². The summed E-state index contributed by atoms with van der Waals surface area (Å²) in [6.45, 7) is 1.94. The van der Waals surface area contributed by atoms with Crippen molar-refractivity contribution in [1.82, 2.24) is 10.3 Å². The number of carbonyl (C=O) groups is 2. The summed E-state index contributed by atoms with van der Waals surface area (Å²) < 4.78 is 11.0. The number of hydrogen-bond donors (Lipinski definition) is 1. The molecule has 2 amide bonds. The van der Waals surface area contributed by atoms with Gasteiger partial charge in [0.1, 0.15) is 11.8 Å². The summed E-state index contributed by atoms with van der Waals surface area (Å²) in [4.78, 5) is 33.4. The van der Waals surface area contributed by atoms with Crippen molar-refractivity contribution >= 4 is 17.5 Å². The average Bonchev–Trinajstić information content (AvgIpc) is 3.68. The Labute approximate surface area is 216 Å². The first-order valence-corrected chi connectivity index (χ1v) is 12.2. The fourth-order valence-corrected chi connectivity index (χ4v) is 4.42. The van der Waals surface area contributed by atoms with Crippen LogP contribution >= 0.6 is 0 Å². The zero-order chi connectivity index (χ0) is 25.6. The highest BCUT2D eigenvalue weighted by atomic mass is 16.3. The predicted molar refractivity (Wildman–Crippen MR) is 143 cm³/mol. The molecule has 7 heteroatoms. The Morgan fingerprint density at radius 1 is 1.00 bits per heavy atom. The van der Waals surface area contributed by atoms with E-state index in [1.54, 1.807) is 55.1 Å². The summed E-state index contributed by atoms with van der Waals surface area (Å²) in [5.74, 6) is 0.0713. The molecule has 1 aliphatic carbocycles. The summed E-state index contributed by atoms with van der Waals surface area (Å²) in [5.41, 5.74) is 3.00. The minimum absolute atomic E-state index is 0. The number of hydrogen-bond acceptors (Lipinski definition) is 5. The first kappa shape index (κ1) is 24.1. The van der Waals surface area contributed by atoms with Gasteiger partial charge < -0.3 is 14.2 Å². The summed E-state index contributed by atoms with van der Waals surface area (Å²) in [5, 5.41) is 3.11. The topological polar surface area (TPSA) is 88.6 Å². The number of carbonyl (C=O) groups excluding carboxylic acids is 2. The molecule has 1 unspecified atom stereocenters. The smallest absolute Gasteiger partial charge is 0.294 e. The van der Waals surface area contributed by atoms with Gasteiger partial charge in [-0.2, -0.15) is 0 Å². The number of pyridine rings is 1. The van der Waals surface area contributed by atoms with Gasteiger partial charge in [0.05, 0.1) is 18.6 Å². The maximum Gasteiger partial charge on any atom is 0.294 e. The third-order valence-corrected chi connectivity index (χ3v) is 6.29. The lowest BCUT2D eigenvalue weighted by Gasteiger charge is -2.32. The monoisotopic (exact) mass is 495 g/mol. The zero-order valence-electron chi connectivity index (χ0n) is 20.4. The normalized spacial score (nSPS) is 14.5. The van der Waals surface area contributed by atoms with Crippen LogP contribution in [0.25, 0.3) is 11.3 Å². The van der Waals surface area contributed by atoms with E-state index < -0.39 is 11.9 Å². The van der Waals surface area contributed by atoms with Crippen LogP contribution in [0.1, 0.15) is 43.4 Å². The molecule has 188 valence electrons. The SMILES string of the molecule is C[C@H](NC(=O)C(c1cccnc1)N(C(=O)c1ccco1)c1ccc(-c2ccco2)cc1)C1=CCCC=C1.[HH]. The van der Waals surface area contributed by atoms with Crippen molar-refractivity contribution in [1.29, 1.82) is 0 Å². The number of benzene rings is 1. The molecule has 0 saturated carbocycles. The van der Waals surface area contributed by atoms with Gasteiger partial charge in [-0.05, 0) is 79.9 Å². The summed E-state index contributed by atoms with van der Waals surface area (Å²) in [6.07, 6.45) is 14.5. The van der Waals surface area contributed by atoms with E-state index >= 15 is 0 Å². The standard InChI is InChI=1S/C30H27N3O4.H2/c1-21(22-8-3-2-4-9-22)32-29(34)28(24-10-5-17-31-20-24)33(30(35)27-12-7-19-37-27)25-15-13-23(14-16-25)26-11-6-18-36-26;/h3,5-21,28H,2,4H2,1H3,(H,32,34);1H/t21-,28?;/m0./s1. The van der Waals surface area contributed by atoms with Crippen molar-refractivity contribution in [2.75, 3.05) is 4.90 Å². The Balaban J connectivity index is 0.00000336. The Bertz CT molecular complexity index is 1400. The molecule has 0 saturated heterocycles. The first-order valence-electron chi connectivity index (χ1n) is 12.2. The Hall–Kier alpha value is -4.65. The minimum atomic E-state index is -0.989. The molecule has 5 rings (SSSR count). The van der Waals surface area contributed by atoms with Crippen molar-refractivity contribution in [3.63, 3.8) is 0 Å².